The molecule has 0 aromatic carbocycles. The summed E-state index contributed by atoms with van der Waals surface area (Å²) >= 11 is 0. The van der Waals surface area contributed by atoms with E-state index in [1.807, 2.05) is 23.7 Å². The second-order valence-corrected chi connectivity index (χ2v) is 8.14. The topological polar surface area (TPSA) is 79.1 Å². The predicted octanol–water partition coefficient (Wildman–Crippen LogP) is 0.371. The monoisotopic (exact) mass is 385 g/mol. The fourth-order valence-electron chi connectivity index (χ4n) is 4.30. The Bertz CT molecular complexity index is 857. The van der Waals surface area contributed by atoms with Crippen LogP contribution < -0.4 is 4.90 Å². The van der Waals surface area contributed by atoms with E-state index in [1.165, 1.54) is 6.42 Å². The van der Waals surface area contributed by atoms with Gasteiger partial charge in [-0.2, -0.15) is 4.52 Å². The normalized spacial score (nSPS) is 24.8. The van der Waals surface area contributed by atoms with Crippen molar-refractivity contribution in [1.82, 2.24) is 29.6 Å². The molecule has 1 unspecified atom stereocenters. The molecule has 9 heteroatoms. The summed E-state index contributed by atoms with van der Waals surface area (Å²) in [4.78, 5) is 18.1. The molecule has 3 aliphatic rings. The number of nitrogens with zero attached hydrogens (tertiary/aromatic N) is 7. The number of morpholine rings is 1. The molecule has 0 bridgehead atoms. The third kappa shape index (κ3) is 3.33. The van der Waals surface area contributed by atoms with Crippen LogP contribution in [0.4, 0.5) is 5.82 Å². The second-order valence-electron chi connectivity index (χ2n) is 8.14. The molecule has 28 heavy (non-hydrogen) atoms. The van der Waals surface area contributed by atoms with Gasteiger partial charge >= 0.3 is 0 Å². The highest BCUT2D eigenvalue weighted by atomic mass is 16.5. The van der Waals surface area contributed by atoms with Crippen molar-refractivity contribution in [3.63, 3.8) is 0 Å². The molecule has 150 valence electrons. The van der Waals surface area contributed by atoms with Crippen LogP contribution in [0.3, 0.4) is 0 Å². The number of likely N-dealkylation sites (N-methyl/N-ethyl adjacent to an activating group) is 1. The van der Waals surface area contributed by atoms with Crippen molar-refractivity contribution >= 4 is 17.4 Å². The Morgan fingerprint density at radius 1 is 1.14 bits per heavy atom. The minimum atomic E-state index is 0.0683. The molecule has 0 spiro atoms. The first-order valence-electron chi connectivity index (χ1n) is 10.2. The van der Waals surface area contributed by atoms with Crippen LogP contribution in [0.5, 0.6) is 0 Å². The lowest BCUT2D eigenvalue weighted by Crippen LogP contribution is -2.49. The first-order chi connectivity index (χ1) is 13.7. The van der Waals surface area contributed by atoms with Crippen molar-refractivity contribution in [2.24, 2.45) is 0 Å². The number of likely N-dealkylation sites (tertiary alicyclic amines) is 1. The number of rotatable bonds is 4. The average molecular weight is 385 g/mol. The zero-order valence-corrected chi connectivity index (χ0v) is 16.3. The Labute approximate surface area is 164 Å². The van der Waals surface area contributed by atoms with E-state index in [1.54, 1.807) is 4.90 Å². The van der Waals surface area contributed by atoms with E-state index in [9.17, 15) is 4.79 Å². The SMILES string of the molecule is CN1CC(CN2CCC(c3nnc4ccc(N5CCC5)nn34)CC2)OCC1=O. The highest BCUT2D eigenvalue weighted by molar-refractivity contribution is 5.77. The minimum Gasteiger partial charge on any atom is -0.365 e. The lowest BCUT2D eigenvalue weighted by Gasteiger charge is -2.36. The van der Waals surface area contributed by atoms with E-state index < -0.39 is 0 Å². The number of carbonyl (C=O) groups excluding carboxylic acids is 1. The summed E-state index contributed by atoms with van der Waals surface area (Å²) in [7, 11) is 1.85. The van der Waals surface area contributed by atoms with Crippen LogP contribution >= 0.6 is 0 Å². The summed E-state index contributed by atoms with van der Waals surface area (Å²) in [5, 5.41) is 13.6. The number of aromatic nitrogens is 4. The first kappa shape index (κ1) is 17.8. The van der Waals surface area contributed by atoms with Gasteiger partial charge in [0, 0.05) is 39.1 Å². The van der Waals surface area contributed by atoms with Gasteiger partial charge in [-0.1, -0.05) is 0 Å². The van der Waals surface area contributed by atoms with E-state index in [0.717, 1.165) is 62.9 Å². The molecule has 2 aromatic rings. The maximum Gasteiger partial charge on any atom is 0.248 e. The molecule has 1 amide bonds. The maximum absolute atomic E-state index is 11.6. The van der Waals surface area contributed by atoms with Crippen molar-refractivity contribution in [3.05, 3.63) is 18.0 Å². The molecule has 5 rings (SSSR count). The van der Waals surface area contributed by atoms with Gasteiger partial charge in [0.2, 0.25) is 5.91 Å². The molecule has 3 aliphatic heterocycles. The van der Waals surface area contributed by atoms with Gasteiger partial charge in [-0.05, 0) is 44.5 Å². The zero-order chi connectivity index (χ0) is 19.1. The van der Waals surface area contributed by atoms with Crippen molar-refractivity contribution in [2.75, 3.05) is 57.8 Å². The minimum absolute atomic E-state index is 0.0683. The summed E-state index contributed by atoms with van der Waals surface area (Å²) in [5.41, 5.74) is 0.824. The molecule has 1 atom stereocenters. The highest BCUT2D eigenvalue weighted by Crippen LogP contribution is 2.28. The molecule has 0 saturated carbocycles. The Hall–Kier alpha value is -2.26. The fourth-order valence-corrected chi connectivity index (χ4v) is 4.30. The Morgan fingerprint density at radius 3 is 2.68 bits per heavy atom. The molecule has 9 nitrogen and oxygen atoms in total. The van der Waals surface area contributed by atoms with Gasteiger partial charge in [-0.15, -0.1) is 15.3 Å². The molecule has 0 aliphatic carbocycles. The van der Waals surface area contributed by atoms with E-state index >= 15 is 0 Å². The van der Waals surface area contributed by atoms with Crippen LogP contribution in [0.15, 0.2) is 12.1 Å². The fraction of sp³-hybridized carbons (Fsp3) is 0.684. The standard InChI is InChI=1S/C19H27N7O2/c1-23-11-15(28-13-18(23)27)12-24-9-5-14(6-10-24)19-21-20-16-3-4-17(22-26(16)19)25-7-2-8-25/h3-4,14-15H,2,5-13H2,1H3. The van der Waals surface area contributed by atoms with Crippen LogP contribution in [-0.4, -0.2) is 94.5 Å². The maximum atomic E-state index is 11.6. The van der Waals surface area contributed by atoms with Gasteiger partial charge in [0.1, 0.15) is 12.4 Å². The van der Waals surface area contributed by atoms with Crippen LogP contribution in [-0.2, 0) is 9.53 Å². The number of anilines is 1. The van der Waals surface area contributed by atoms with Crippen molar-refractivity contribution in [2.45, 2.75) is 31.3 Å². The van der Waals surface area contributed by atoms with E-state index in [0.29, 0.717) is 12.5 Å². The summed E-state index contributed by atoms with van der Waals surface area (Å²) < 4.78 is 7.64. The number of piperidine rings is 1. The summed E-state index contributed by atoms with van der Waals surface area (Å²) in [6, 6.07) is 4.06. The molecule has 3 saturated heterocycles. The van der Waals surface area contributed by atoms with Crippen molar-refractivity contribution in [1.29, 1.82) is 0 Å². The lowest BCUT2D eigenvalue weighted by atomic mass is 9.96. The number of fused-ring (bicyclic) bond motifs is 1. The van der Waals surface area contributed by atoms with Gasteiger partial charge in [0.25, 0.3) is 0 Å². The van der Waals surface area contributed by atoms with Crippen LogP contribution in [0, 0.1) is 0 Å². The molecule has 0 radical (unpaired) electrons. The Balaban J connectivity index is 1.22. The van der Waals surface area contributed by atoms with Crippen LogP contribution in [0.1, 0.15) is 31.0 Å². The third-order valence-corrected chi connectivity index (χ3v) is 6.21. The number of carbonyl (C=O) groups is 1. The smallest absolute Gasteiger partial charge is 0.248 e. The molecule has 5 heterocycles. The molecular formula is C19H27N7O2. The molecule has 3 fully saturated rings. The van der Waals surface area contributed by atoms with Gasteiger partial charge < -0.3 is 19.4 Å². The second kappa shape index (κ2) is 7.29. The van der Waals surface area contributed by atoms with Gasteiger partial charge in [-0.25, -0.2) is 0 Å². The first-order valence-corrected chi connectivity index (χ1v) is 10.2. The van der Waals surface area contributed by atoms with Crippen molar-refractivity contribution < 1.29 is 9.53 Å². The number of hydrogen-bond donors (Lipinski definition) is 0. The lowest BCUT2D eigenvalue weighted by molar-refractivity contribution is -0.147. The zero-order valence-electron chi connectivity index (χ0n) is 16.3. The van der Waals surface area contributed by atoms with Gasteiger partial charge in [-0.3, -0.25) is 4.79 Å². The van der Waals surface area contributed by atoms with Crippen LogP contribution in [0.2, 0.25) is 0 Å². The molecular weight excluding hydrogens is 358 g/mol. The third-order valence-electron chi connectivity index (χ3n) is 6.21. The average Bonchev–Trinajstić information content (AvgIpc) is 3.07. The van der Waals surface area contributed by atoms with Crippen LogP contribution in [0.25, 0.3) is 5.65 Å². The molecule has 0 N–H and O–H groups in total. The van der Waals surface area contributed by atoms with Gasteiger partial charge in [0.05, 0.1) is 6.10 Å². The largest absolute Gasteiger partial charge is 0.365 e. The Kier molecular flexibility index (Phi) is 4.64. The summed E-state index contributed by atoms with van der Waals surface area (Å²) in [5.74, 6) is 2.45. The van der Waals surface area contributed by atoms with Crippen molar-refractivity contribution in [3.8, 4) is 0 Å². The van der Waals surface area contributed by atoms with E-state index in [-0.39, 0.29) is 18.6 Å². The molecule has 2 aromatic heterocycles. The number of hydrogen-bond acceptors (Lipinski definition) is 7. The van der Waals surface area contributed by atoms with Gasteiger partial charge in [0.15, 0.2) is 11.5 Å². The highest BCUT2D eigenvalue weighted by Gasteiger charge is 2.29. The number of ether oxygens (including phenoxy) is 1. The van der Waals surface area contributed by atoms with E-state index in [2.05, 4.69) is 20.0 Å². The quantitative estimate of drug-likeness (QED) is 0.752. The summed E-state index contributed by atoms with van der Waals surface area (Å²) in [6.07, 6.45) is 3.42. The predicted molar refractivity (Wildman–Crippen MR) is 103 cm³/mol. The summed E-state index contributed by atoms with van der Waals surface area (Å²) in [6.45, 7) is 5.93. The Morgan fingerprint density at radius 2 is 1.96 bits per heavy atom. The van der Waals surface area contributed by atoms with E-state index in [4.69, 9.17) is 9.84 Å². The number of amides is 1.